The van der Waals surface area contributed by atoms with Gasteiger partial charge in [-0.15, -0.1) is 11.3 Å². The van der Waals surface area contributed by atoms with Gasteiger partial charge in [0, 0.05) is 22.8 Å². The molecule has 1 aromatic carbocycles. The Morgan fingerprint density at radius 3 is 2.92 bits per heavy atom. The minimum absolute atomic E-state index is 0.959. The SMILES string of the molecule is C=C(CCc1cccc2c1CCN2)Nc1nc2c(s1)CCCC2.CC. The van der Waals surface area contributed by atoms with Crippen LogP contribution in [0.2, 0.25) is 0 Å². The number of aryl methyl sites for hydroxylation is 3. The number of thiazole rings is 1. The van der Waals surface area contributed by atoms with Crippen LogP contribution in [0.4, 0.5) is 10.8 Å². The zero-order valence-electron chi connectivity index (χ0n) is 15.5. The Balaban J connectivity index is 0.000000880. The molecule has 2 aliphatic rings. The third-order valence-electron chi connectivity index (χ3n) is 4.79. The van der Waals surface area contributed by atoms with E-state index >= 15 is 0 Å². The van der Waals surface area contributed by atoms with E-state index < -0.39 is 0 Å². The number of nitrogens with zero attached hydrogens (tertiary/aromatic N) is 1. The molecule has 4 heteroatoms. The van der Waals surface area contributed by atoms with Gasteiger partial charge >= 0.3 is 0 Å². The van der Waals surface area contributed by atoms with Crippen LogP contribution in [0.3, 0.4) is 0 Å². The van der Waals surface area contributed by atoms with Gasteiger partial charge < -0.3 is 10.6 Å². The number of hydrogen-bond donors (Lipinski definition) is 2. The largest absolute Gasteiger partial charge is 0.384 e. The van der Waals surface area contributed by atoms with E-state index in [1.165, 1.54) is 46.6 Å². The molecule has 1 aliphatic heterocycles. The molecule has 4 rings (SSSR count). The summed E-state index contributed by atoms with van der Waals surface area (Å²) >= 11 is 1.81. The molecule has 0 unspecified atom stereocenters. The zero-order chi connectivity index (χ0) is 17.6. The Morgan fingerprint density at radius 1 is 1.24 bits per heavy atom. The number of rotatable bonds is 5. The molecule has 1 aliphatic carbocycles. The third-order valence-corrected chi connectivity index (χ3v) is 5.86. The van der Waals surface area contributed by atoms with Gasteiger partial charge in [0.1, 0.15) is 0 Å². The van der Waals surface area contributed by atoms with Crippen molar-refractivity contribution >= 4 is 22.2 Å². The predicted octanol–water partition coefficient (Wildman–Crippen LogP) is 5.57. The standard InChI is InChI=1S/C19H23N3S.C2H6/c1-13(21-19-22-17-6-2-3-8-18(17)23-19)9-10-14-5-4-7-16-15(14)11-12-20-16;1-2/h4-5,7,20H,1-3,6,8-12H2,(H,21,22);1-2H3. The molecular formula is C21H29N3S. The lowest BCUT2D eigenvalue weighted by Gasteiger charge is -2.10. The van der Waals surface area contributed by atoms with Gasteiger partial charge in [-0.05, 0) is 62.1 Å². The fraction of sp³-hybridized carbons (Fsp3) is 0.476. The molecular weight excluding hydrogens is 326 g/mol. The average molecular weight is 356 g/mol. The van der Waals surface area contributed by atoms with Crippen molar-refractivity contribution in [3.05, 3.63) is 52.2 Å². The van der Waals surface area contributed by atoms with Crippen LogP contribution in [-0.4, -0.2) is 11.5 Å². The number of allylic oxidation sites excluding steroid dienone is 1. The minimum Gasteiger partial charge on any atom is -0.384 e. The lowest BCUT2D eigenvalue weighted by Crippen LogP contribution is -2.02. The Morgan fingerprint density at radius 2 is 2.08 bits per heavy atom. The van der Waals surface area contributed by atoms with E-state index in [0.29, 0.717) is 0 Å². The quantitative estimate of drug-likeness (QED) is 0.736. The van der Waals surface area contributed by atoms with Crippen LogP contribution in [0.1, 0.15) is 54.8 Å². The molecule has 0 atom stereocenters. The summed E-state index contributed by atoms with van der Waals surface area (Å²) in [7, 11) is 0. The van der Waals surface area contributed by atoms with Crippen molar-refractivity contribution in [3.63, 3.8) is 0 Å². The summed E-state index contributed by atoms with van der Waals surface area (Å²) in [6, 6.07) is 6.58. The summed E-state index contributed by atoms with van der Waals surface area (Å²) in [5.74, 6) is 0. The van der Waals surface area contributed by atoms with E-state index in [1.54, 1.807) is 0 Å². The predicted molar refractivity (Wildman–Crippen MR) is 110 cm³/mol. The molecule has 0 radical (unpaired) electrons. The van der Waals surface area contributed by atoms with E-state index in [1.807, 2.05) is 25.2 Å². The Hall–Kier alpha value is -1.81. The first-order valence-electron chi connectivity index (χ1n) is 9.57. The van der Waals surface area contributed by atoms with Crippen molar-refractivity contribution < 1.29 is 0 Å². The van der Waals surface area contributed by atoms with Gasteiger partial charge in [0.05, 0.1) is 5.69 Å². The highest BCUT2D eigenvalue weighted by molar-refractivity contribution is 7.15. The monoisotopic (exact) mass is 355 g/mol. The van der Waals surface area contributed by atoms with Crippen molar-refractivity contribution in [1.82, 2.24) is 4.98 Å². The molecule has 2 heterocycles. The molecule has 2 aromatic rings. The van der Waals surface area contributed by atoms with Gasteiger partial charge in [-0.1, -0.05) is 32.6 Å². The number of anilines is 2. The molecule has 0 fully saturated rings. The van der Waals surface area contributed by atoms with Crippen LogP contribution >= 0.6 is 11.3 Å². The number of nitrogens with one attached hydrogen (secondary N) is 2. The topological polar surface area (TPSA) is 37.0 Å². The smallest absolute Gasteiger partial charge is 0.187 e. The first-order valence-corrected chi connectivity index (χ1v) is 10.4. The van der Waals surface area contributed by atoms with Crippen molar-refractivity contribution in [2.75, 3.05) is 17.2 Å². The van der Waals surface area contributed by atoms with Crippen LogP contribution < -0.4 is 10.6 Å². The van der Waals surface area contributed by atoms with E-state index in [0.717, 1.165) is 43.1 Å². The highest BCUT2D eigenvalue weighted by Crippen LogP contribution is 2.31. The fourth-order valence-corrected chi connectivity index (χ4v) is 4.65. The second-order valence-corrected chi connectivity index (χ2v) is 7.53. The summed E-state index contributed by atoms with van der Waals surface area (Å²) in [4.78, 5) is 6.21. The van der Waals surface area contributed by atoms with Crippen molar-refractivity contribution in [1.29, 1.82) is 0 Å². The van der Waals surface area contributed by atoms with E-state index in [4.69, 9.17) is 4.98 Å². The maximum absolute atomic E-state index is 4.74. The van der Waals surface area contributed by atoms with Crippen LogP contribution in [0.15, 0.2) is 30.5 Å². The van der Waals surface area contributed by atoms with Crippen LogP contribution in [-0.2, 0) is 25.7 Å². The summed E-state index contributed by atoms with van der Waals surface area (Å²) in [5, 5.41) is 7.91. The molecule has 0 saturated carbocycles. The van der Waals surface area contributed by atoms with Gasteiger partial charge in [-0.25, -0.2) is 4.98 Å². The highest BCUT2D eigenvalue weighted by atomic mass is 32.1. The molecule has 1 aromatic heterocycles. The van der Waals surface area contributed by atoms with Gasteiger partial charge in [-0.3, -0.25) is 0 Å². The normalized spacial score (nSPS) is 14.6. The molecule has 2 N–H and O–H groups in total. The Bertz CT molecular complexity index is 709. The molecule has 3 nitrogen and oxygen atoms in total. The van der Waals surface area contributed by atoms with Crippen molar-refractivity contribution in [2.24, 2.45) is 0 Å². The van der Waals surface area contributed by atoms with Crippen LogP contribution in [0, 0.1) is 0 Å². The molecule has 134 valence electrons. The van der Waals surface area contributed by atoms with Crippen molar-refractivity contribution in [3.8, 4) is 0 Å². The highest BCUT2D eigenvalue weighted by Gasteiger charge is 2.16. The Kier molecular flexibility index (Phi) is 6.14. The molecule has 0 bridgehead atoms. The summed E-state index contributed by atoms with van der Waals surface area (Å²) < 4.78 is 0. The minimum atomic E-state index is 0.959. The summed E-state index contributed by atoms with van der Waals surface area (Å²) in [6.07, 6.45) is 8.08. The van der Waals surface area contributed by atoms with E-state index in [9.17, 15) is 0 Å². The molecule has 0 saturated heterocycles. The number of benzene rings is 1. The lowest BCUT2D eigenvalue weighted by atomic mass is 10.00. The van der Waals surface area contributed by atoms with Gasteiger partial charge in [0.15, 0.2) is 5.13 Å². The van der Waals surface area contributed by atoms with Gasteiger partial charge in [0.2, 0.25) is 0 Å². The lowest BCUT2D eigenvalue weighted by molar-refractivity contribution is 0.682. The van der Waals surface area contributed by atoms with Gasteiger partial charge in [-0.2, -0.15) is 0 Å². The van der Waals surface area contributed by atoms with Gasteiger partial charge in [0.25, 0.3) is 0 Å². The number of hydrogen-bond acceptors (Lipinski definition) is 4. The maximum atomic E-state index is 4.74. The fourth-order valence-electron chi connectivity index (χ4n) is 3.56. The molecule has 0 amide bonds. The molecule has 25 heavy (non-hydrogen) atoms. The first-order chi connectivity index (χ1) is 12.3. The van der Waals surface area contributed by atoms with Crippen molar-refractivity contribution in [2.45, 2.75) is 58.8 Å². The average Bonchev–Trinajstić information content (AvgIpc) is 3.27. The second kappa shape index (κ2) is 8.52. The third kappa shape index (κ3) is 4.24. The summed E-state index contributed by atoms with van der Waals surface area (Å²) in [5.41, 5.74) is 6.63. The van der Waals surface area contributed by atoms with Crippen LogP contribution in [0.25, 0.3) is 0 Å². The zero-order valence-corrected chi connectivity index (χ0v) is 16.3. The molecule has 0 spiro atoms. The summed E-state index contributed by atoms with van der Waals surface area (Å²) in [6.45, 7) is 9.27. The maximum Gasteiger partial charge on any atom is 0.187 e. The first kappa shape index (κ1) is 18.0. The van der Waals surface area contributed by atoms with E-state index in [2.05, 4.69) is 35.4 Å². The number of aromatic nitrogens is 1. The second-order valence-electron chi connectivity index (χ2n) is 6.44. The van der Waals surface area contributed by atoms with Crippen LogP contribution in [0.5, 0.6) is 0 Å². The van der Waals surface area contributed by atoms with E-state index in [-0.39, 0.29) is 0 Å². The number of fused-ring (bicyclic) bond motifs is 2. The Labute approximate surface area is 155 Å².